The molecule has 5 heteroatoms. The predicted octanol–water partition coefficient (Wildman–Crippen LogP) is 1.61. The Morgan fingerprint density at radius 2 is 2.17 bits per heavy atom. The molecule has 0 bridgehead atoms. The molecule has 0 saturated heterocycles. The van der Waals surface area contributed by atoms with Crippen molar-refractivity contribution in [2.45, 2.75) is 13.5 Å². The van der Waals surface area contributed by atoms with Crippen molar-refractivity contribution in [2.24, 2.45) is 0 Å². The highest BCUT2D eigenvalue weighted by Gasteiger charge is 2.06. The van der Waals surface area contributed by atoms with Gasteiger partial charge in [0, 0.05) is 6.07 Å². The van der Waals surface area contributed by atoms with Crippen LogP contribution >= 0.6 is 0 Å². The summed E-state index contributed by atoms with van der Waals surface area (Å²) in [5.74, 6) is -0.440. The minimum absolute atomic E-state index is 0.0845. The van der Waals surface area contributed by atoms with Crippen LogP contribution in [0.5, 0.6) is 0 Å². The van der Waals surface area contributed by atoms with Crippen LogP contribution in [-0.2, 0) is 6.54 Å². The van der Waals surface area contributed by atoms with Crippen molar-refractivity contribution in [3.8, 4) is 6.07 Å². The maximum Gasteiger partial charge on any atom is 0.267 e. The minimum Gasteiger partial charge on any atom is -0.268 e. The molecule has 0 fully saturated rings. The predicted molar refractivity (Wildman–Crippen MR) is 63.5 cm³/mol. The largest absolute Gasteiger partial charge is 0.268 e. The average Bonchev–Trinajstić information content (AvgIpc) is 2.34. The smallest absolute Gasteiger partial charge is 0.267 e. The van der Waals surface area contributed by atoms with Crippen LogP contribution in [0.3, 0.4) is 0 Å². The molecule has 0 N–H and O–H groups in total. The lowest BCUT2D eigenvalue weighted by atomic mass is 10.1. The zero-order chi connectivity index (χ0) is 13.1. The van der Waals surface area contributed by atoms with E-state index >= 15 is 0 Å². The lowest BCUT2D eigenvalue weighted by Crippen LogP contribution is -2.23. The van der Waals surface area contributed by atoms with Gasteiger partial charge >= 0.3 is 0 Å². The van der Waals surface area contributed by atoms with Crippen molar-refractivity contribution in [1.29, 1.82) is 5.26 Å². The maximum absolute atomic E-state index is 13.1. The van der Waals surface area contributed by atoms with Gasteiger partial charge in [-0.3, -0.25) is 4.79 Å². The Labute approximate surface area is 103 Å². The Morgan fingerprint density at radius 3 is 2.89 bits per heavy atom. The fourth-order valence-corrected chi connectivity index (χ4v) is 1.63. The molecule has 1 aromatic carbocycles. The molecule has 0 saturated carbocycles. The van der Waals surface area contributed by atoms with Gasteiger partial charge < -0.3 is 0 Å². The van der Waals surface area contributed by atoms with Crippen LogP contribution in [0.15, 0.2) is 35.1 Å². The maximum atomic E-state index is 13.1. The van der Waals surface area contributed by atoms with Gasteiger partial charge in [0.25, 0.3) is 5.56 Å². The first-order valence-corrected chi connectivity index (χ1v) is 5.33. The molecule has 0 aliphatic rings. The summed E-state index contributed by atoms with van der Waals surface area (Å²) < 4.78 is 14.4. The van der Waals surface area contributed by atoms with Crippen LogP contribution in [0.1, 0.15) is 16.8 Å². The summed E-state index contributed by atoms with van der Waals surface area (Å²) in [6, 6.07) is 8.83. The van der Waals surface area contributed by atoms with Gasteiger partial charge in [-0.15, -0.1) is 0 Å². The fraction of sp³-hybridized carbons (Fsp3) is 0.154. The van der Waals surface area contributed by atoms with Gasteiger partial charge in [0.05, 0.1) is 23.9 Å². The van der Waals surface area contributed by atoms with E-state index in [4.69, 9.17) is 5.26 Å². The van der Waals surface area contributed by atoms with E-state index in [-0.39, 0.29) is 12.1 Å². The van der Waals surface area contributed by atoms with Crippen molar-refractivity contribution in [3.05, 3.63) is 63.3 Å². The zero-order valence-corrected chi connectivity index (χ0v) is 9.72. The van der Waals surface area contributed by atoms with E-state index < -0.39 is 5.82 Å². The minimum atomic E-state index is -0.440. The van der Waals surface area contributed by atoms with E-state index in [1.165, 1.54) is 28.9 Å². The molecule has 18 heavy (non-hydrogen) atoms. The number of rotatable bonds is 2. The third-order valence-corrected chi connectivity index (χ3v) is 2.51. The molecular formula is C13H10FN3O. The number of hydrogen-bond acceptors (Lipinski definition) is 3. The van der Waals surface area contributed by atoms with Gasteiger partial charge in [-0.1, -0.05) is 0 Å². The topological polar surface area (TPSA) is 58.7 Å². The Kier molecular flexibility index (Phi) is 3.20. The van der Waals surface area contributed by atoms with Crippen LogP contribution in [0.2, 0.25) is 0 Å². The highest BCUT2D eigenvalue weighted by atomic mass is 19.1. The quantitative estimate of drug-likeness (QED) is 0.805. The monoisotopic (exact) mass is 243 g/mol. The second-order valence-electron chi connectivity index (χ2n) is 3.88. The van der Waals surface area contributed by atoms with E-state index in [2.05, 4.69) is 5.10 Å². The number of hydrogen-bond donors (Lipinski definition) is 0. The molecule has 0 radical (unpaired) electrons. The van der Waals surface area contributed by atoms with Crippen molar-refractivity contribution < 1.29 is 4.39 Å². The van der Waals surface area contributed by atoms with E-state index in [1.54, 1.807) is 13.0 Å². The first kappa shape index (κ1) is 12.0. The van der Waals surface area contributed by atoms with Gasteiger partial charge in [-0.25, -0.2) is 9.07 Å². The van der Waals surface area contributed by atoms with Crippen molar-refractivity contribution in [3.63, 3.8) is 0 Å². The summed E-state index contributed by atoms with van der Waals surface area (Å²) in [6.45, 7) is 1.84. The van der Waals surface area contributed by atoms with Gasteiger partial charge in [0.1, 0.15) is 5.82 Å². The van der Waals surface area contributed by atoms with Crippen molar-refractivity contribution >= 4 is 0 Å². The number of nitrogens with zero attached hydrogens (tertiary/aromatic N) is 3. The summed E-state index contributed by atoms with van der Waals surface area (Å²) in [7, 11) is 0. The van der Waals surface area contributed by atoms with Crippen LogP contribution in [-0.4, -0.2) is 9.78 Å². The van der Waals surface area contributed by atoms with Gasteiger partial charge in [-0.2, -0.15) is 10.4 Å². The summed E-state index contributed by atoms with van der Waals surface area (Å²) in [5, 5.41) is 13.0. The molecule has 0 atom stereocenters. The van der Waals surface area contributed by atoms with Crippen LogP contribution < -0.4 is 5.56 Å². The summed E-state index contributed by atoms with van der Waals surface area (Å²) in [6.07, 6.45) is 0. The fourth-order valence-electron chi connectivity index (χ4n) is 1.63. The second kappa shape index (κ2) is 4.80. The van der Waals surface area contributed by atoms with Crippen molar-refractivity contribution in [2.75, 3.05) is 0 Å². The lowest BCUT2D eigenvalue weighted by molar-refractivity contribution is 0.606. The SMILES string of the molecule is Cc1ccc(=O)n(Cc2cc(F)ccc2C#N)n1. The first-order chi connectivity index (χ1) is 8.60. The number of halogens is 1. The van der Waals surface area contributed by atoms with Crippen LogP contribution in [0, 0.1) is 24.1 Å². The molecule has 0 unspecified atom stereocenters. The Hall–Kier alpha value is -2.48. The third kappa shape index (κ3) is 2.43. The van der Waals surface area contributed by atoms with Gasteiger partial charge in [-0.05, 0) is 36.8 Å². The molecule has 0 spiro atoms. The van der Waals surface area contributed by atoms with E-state index in [9.17, 15) is 9.18 Å². The molecule has 0 aliphatic heterocycles. The molecule has 1 aromatic heterocycles. The molecule has 1 heterocycles. The molecule has 4 nitrogen and oxygen atoms in total. The van der Waals surface area contributed by atoms with E-state index in [1.807, 2.05) is 6.07 Å². The number of nitriles is 1. The number of aryl methyl sites for hydroxylation is 1. The Morgan fingerprint density at radius 1 is 1.39 bits per heavy atom. The third-order valence-electron chi connectivity index (χ3n) is 2.51. The van der Waals surface area contributed by atoms with Crippen LogP contribution in [0.4, 0.5) is 4.39 Å². The lowest BCUT2D eigenvalue weighted by Gasteiger charge is -2.07. The summed E-state index contributed by atoms with van der Waals surface area (Å²) in [5.41, 5.74) is 1.18. The standard InChI is InChI=1S/C13H10FN3O/c1-9-2-5-13(18)17(16-9)8-11-6-12(14)4-3-10(11)7-15/h2-6H,8H2,1H3. The molecule has 2 rings (SSSR count). The molecular weight excluding hydrogens is 233 g/mol. The first-order valence-electron chi connectivity index (χ1n) is 5.33. The number of aromatic nitrogens is 2. The zero-order valence-electron chi connectivity index (χ0n) is 9.72. The van der Waals surface area contributed by atoms with Gasteiger partial charge in [0.15, 0.2) is 0 Å². The van der Waals surface area contributed by atoms with Crippen LogP contribution in [0.25, 0.3) is 0 Å². The average molecular weight is 243 g/mol. The van der Waals surface area contributed by atoms with E-state index in [0.717, 1.165) is 0 Å². The number of benzene rings is 1. The second-order valence-corrected chi connectivity index (χ2v) is 3.88. The van der Waals surface area contributed by atoms with Gasteiger partial charge in [0.2, 0.25) is 0 Å². The molecule has 0 aliphatic carbocycles. The highest BCUT2D eigenvalue weighted by Crippen LogP contribution is 2.11. The van der Waals surface area contributed by atoms with E-state index in [0.29, 0.717) is 16.8 Å². The normalized spacial score (nSPS) is 10.1. The summed E-state index contributed by atoms with van der Waals surface area (Å²) in [4.78, 5) is 11.6. The summed E-state index contributed by atoms with van der Waals surface area (Å²) >= 11 is 0. The van der Waals surface area contributed by atoms with Crippen molar-refractivity contribution in [1.82, 2.24) is 9.78 Å². The molecule has 2 aromatic rings. The molecule has 90 valence electrons. The Balaban J connectivity index is 2.46. The molecule has 0 amide bonds. The Bertz CT molecular complexity index is 685. The highest BCUT2D eigenvalue weighted by molar-refractivity contribution is 5.37.